The molecule has 0 saturated heterocycles. The minimum Gasteiger partial charge on any atom is -0.481 e. The molecule has 0 bridgehead atoms. The molecular weight excluding hydrogens is 296 g/mol. The van der Waals surface area contributed by atoms with E-state index in [0.717, 1.165) is 25.1 Å². The maximum absolute atomic E-state index is 12.3. The molecule has 130 valence electrons. The van der Waals surface area contributed by atoms with Crippen LogP contribution in [0.15, 0.2) is 6.20 Å². The third-order valence-electron chi connectivity index (χ3n) is 3.71. The first-order valence-electron chi connectivity index (χ1n) is 8.08. The van der Waals surface area contributed by atoms with Crippen LogP contribution in [0.3, 0.4) is 0 Å². The van der Waals surface area contributed by atoms with Crippen LogP contribution in [0, 0.1) is 5.92 Å². The summed E-state index contributed by atoms with van der Waals surface area (Å²) < 4.78 is 1.93. The normalized spacial score (nSPS) is 12.3. The number of aryl methyl sites for hydroxylation is 1. The third kappa shape index (κ3) is 5.26. The second-order valence-corrected chi connectivity index (χ2v) is 6.22. The number of amides is 2. The lowest BCUT2D eigenvalue weighted by atomic mass is 10.1. The van der Waals surface area contributed by atoms with E-state index in [0.29, 0.717) is 5.69 Å². The highest BCUT2D eigenvalue weighted by molar-refractivity contribution is 5.90. The molecule has 0 spiro atoms. The number of nitrogens with one attached hydrogen (secondary N) is 1. The highest BCUT2D eigenvalue weighted by Crippen LogP contribution is 2.24. The zero-order chi connectivity index (χ0) is 17.6. The maximum Gasteiger partial charge on any atom is 0.321 e. The van der Waals surface area contributed by atoms with Crippen molar-refractivity contribution in [1.82, 2.24) is 14.7 Å². The lowest BCUT2D eigenvalue weighted by Gasteiger charge is -2.20. The monoisotopic (exact) mass is 324 g/mol. The van der Waals surface area contributed by atoms with Gasteiger partial charge in [-0.05, 0) is 12.3 Å². The van der Waals surface area contributed by atoms with Crippen molar-refractivity contribution in [1.29, 1.82) is 0 Å². The highest BCUT2D eigenvalue weighted by atomic mass is 16.4. The predicted octanol–water partition coefficient (Wildman–Crippen LogP) is 2.99. The Morgan fingerprint density at radius 2 is 2.04 bits per heavy atom. The third-order valence-corrected chi connectivity index (χ3v) is 3.71. The molecule has 7 heteroatoms. The van der Waals surface area contributed by atoms with Gasteiger partial charge in [-0.1, -0.05) is 34.1 Å². The molecule has 0 aromatic carbocycles. The number of hydrogen-bond acceptors (Lipinski definition) is 3. The Morgan fingerprint density at radius 1 is 1.39 bits per heavy atom. The number of carboxylic acid groups (broad SMARTS) is 1. The van der Waals surface area contributed by atoms with Crippen LogP contribution in [0.5, 0.6) is 0 Å². The smallest absolute Gasteiger partial charge is 0.321 e. The van der Waals surface area contributed by atoms with Gasteiger partial charge in [0.1, 0.15) is 0 Å². The van der Waals surface area contributed by atoms with E-state index >= 15 is 0 Å². The van der Waals surface area contributed by atoms with Crippen LogP contribution in [-0.2, 0) is 11.3 Å². The van der Waals surface area contributed by atoms with E-state index < -0.39 is 11.9 Å². The summed E-state index contributed by atoms with van der Waals surface area (Å²) in [5, 5.41) is 16.1. The minimum atomic E-state index is -0.917. The zero-order valence-electron chi connectivity index (χ0n) is 14.7. The molecule has 0 aliphatic rings. The van der Waals surface area contributed by atoms with Gasteiger partial charge in [0.2, 0.25) is 0 Å². The van der Waals surface area contributed by atoms with Gasteiger partial charge >= 0.3 is 12.0 Å². The van der Waals surface area contributed by atoms with Gasteiger partial charge in [-0.15, -0.1) is 0 Å². The molecular formula is C16H28N4O3. The molecule has 7 nitrogen and oxygen atoms in total. The fraction of sp³-hybridized carbons (Fsp3) is 0.688. The van der Waals surface area contributed by atoms with Gasteiger partial charge in [0, 0.05) is 20.1 Å². The average molecular weight is 324 g/mol. The second-order valence-electron chi connectivity index (χ2n) is 6.22. The Hall–Kier alpha value is -2.05. The van der Waals surface area contributed by atoms with Crippen molar-refractivity contribution in [2.75, 3.05) is 18.9 Å². The first-order valence-corrected chi connectivity index (χ1v) is 8.08. The lowest BCUT2D eigenvalue weighted by molar-refractivity contribution is -0.141. The Kier molecular flexibility index (Phi) is 7.06. The summed E-state index contributed by atoms with van der Waals surface area (Å²) in [6.45, 7) is 8.80. The summed E-state index contributed by atoms with van der Waals surface area (Å²) in [7, 11) is 1.59. The summed E-state index contributed by atoms with van der Waals surface area (Å²) in [5.41, 5.74) is 1.68. The van der Waals surface area contributed by atoms with Crippen LogP contribution in [0.4, 0.5) is 10.5 Å². The number of aromatic nitrogens is 2. The van der Waals surface area contributed by atoms with E-state index in [9.17, 15) is 9.59 Å². The number of unbranched alkanes of at least 4 members (excludes halogenated alkanes) is 1. The number of anilines is 1. The van der Waals surface area contributed by atoms with Crippen LogP contribution in [0.1, 0.15) is 52.1 Å². The molecule has 1 aromatic rings. The number of urea groups is 1. The van der Waals surface area contributed by atoms with E-state index in [2.05, 4.69) is 31.2 Å². The van der Waals surface area contributed by atoms with Gasteiger partial charge in [-0.3, -0.25) is 9.48 Å². The molecule has 23 heavy (non-hydrogen) atoms. The predicted molar refractivity (Wildman–Crippen MR) is 89.7 cm³/mol. The van der Waals surface area contributed by atoms with E-state index in [1.165, 1.54) is 4.90 Å². The highest BCUT2D eigenvalue weighted by Gasteiger charge is 2.20. The van der Waals surface area contributed by atoms with Crippen molar-refractivity contribution in [3.8, 4) is 0 Å². The molecule has 1 aromatic heterocycles. The van der Waals surface area contributed by atoms with E-state index in [1.807, 2.05) is 4.68 Å². The van der Waals surface area contributed by atoms with Crippen molar-refractivity contribution in [3.63, 3.8) is 0 Å². The van der Waals surface area contributed by atoms with Crippen molar-refractivity contribution >= 4 is 17.7 Å². The van der Waals surface area contributed by atoms with Gasteiger partial charge in [0.05, 0.1) is 23.5 Å². The largest absolute Gasteiger partial charge is 0.481 e. The van der Waals surface area contributed by atoms with Crippen molar-refractivity contribution in [3.05, 3.63) is 11.9 Å². The zero-order valence-corrected chi connectivity index (χ0v) is 14.7. The fourth-order valence-electron chi connectivity index (χ4n) is 2.37. The number of nitrogens with zero attached hydrogens (tertiary/aromatic N) is 3. The average Bonchev–Trinajstić information content (AvgIpc) is 2.87. The van der Waals surface area contributed by atoms with E-state index in [1.54, 1.807) is 20.2 Å². The fourth-order valence-corrected chi connectivity index (χ4v) is 2.37. The number of carbonyl (C=O) groups excluding carboxylic acids is 1. The topological polar surface area (TPSA) is 87.5 Å². The van der Waals surface area contributed by atoms with Gasteiger partial charge in [0.15, 0.2) is 0 Å². The number of aliphatic carboxylic acids is 1. The number of hydrogen-bond donors (Lipinski definition) is 2. The van der Waals surface area contributed by atoms with Crippen LogP contribution in [0.25, 0.3) is 0 Å². The number of carboxylic acids is 1. The Bertz CT molecular complexity index is 539. The van der Waals surface area contributed by atoms with E-state index in [-0.39, 0.29) is 18.5 Å². The molecule has 1 unspecified atom stereocenters. The maximum atomic E-state index is 12.3. The van der Waals surface area contributed by atoms with Crippen LogP contribution >= 0.6 is 0 Å². The van der Waals surface area contributed by atoms with Gasteiger partial charge in [-0.25, -0.2) is 4.79 Å². The molecule has 0 aliphatic heterocycles. The minimum absolute atomic E-state index is 0.155. The van der Waals surface area contributed by atoms with Crippen LogP contribution in [0.2, 0.25) is 0 Å². The molecule has 1 atom stereocenters. The molecule has 2 amide bonds. The SMILES string of the molecule is CCCCn1ncc(NC(=O)N(C)CC(C)C(=O)O)c1C(C)C. The molecule has 1 rings (SSSR count). The van der Waals surface area contributed by atoms with Gasteiger partial charge in [-0.2, -0.15) is 5.10 Å². The molecule has 0 radical (unpaired) electrons. The van der Waals surface area contributed by atoms with Gasteiger partial charge in [0.25, 0.3) is 0 Å². The summed E-state index contributed by atoms with van der Waals surface area (Å²) in [6, 6.07) is -0.324. The summed E-state index contributed by atoms with van der Waals surface area (Å²) in [6.07, 6.45) is 3.77. The second kappa shape index (κ2) is 8.55. The molecule has 1 heterocycles. The Morgan fingerprint density at radius 3 is 2.57 bits per heavy atom. The summed E-state index contributed by atoms with van der Waals surface area (Å²) in [4.78, 5) is 24.5. The first-order chi connectivity index (χ1) is 10.8. The Labute approximate surface area is 137 Å². The molecule has 0 fully saturated rings. The van der Waals surface area contributed by atoms with Crippen molar-refractivity contribution < 1.29 is 14.7 Å². The van der Waals surface area contributed by atoms with Crippen LogP contribution in [-0.4, -0.2) is 45.4 Å². The van der Waals surface area contributed by atoms with E-state index in [4.69, 9.17) is 5.11 Å². The number of carbonyl (C=O) groups is 2. The molecule has 0 aliphatic carbocycles. The number of rotatable bonds is 8. The summed E-state index contributed by atoms with van der Waals surface area (Å²) in [5.74, 6) is -1.30. The van der Waals surface area contributed by atoms with Crippen LogP contribution < -0.4 is 5.32 Å². The van der Waals surface area contributed by atoms with Crippen molar-refractivity contribution in [2.24, 2.45) is 5.92 Å². The molecule has 0 saturated carbocycles. The lowest BCUT2D eigenvalue weighted by Crippen LogP contribution is -2.36. The standard InChI is InChI=1S/C16H28N4O3/c1-6-7-8-20-14(11(2)3)13(9-17-20)18-16(23)19(5)10-12(4)15(21)22/h9,11-12H,6-8,10H2,1-5H3,(H,18,23)(H,21,22). The molecule has 2 N–H and O–H groups in total. The van der Waals surface area contributed by atoms with Gasteiger partial charge < -0.3 is 15.3 Å². The Balaban J connectivity index is 2.81. The first kappa shape index (κ1) is 19.0. The summed E-state index contributed by atoms with van der Waals surface area (Å²) >= 11 is 0. The quantitative estimate of drug-likeness (QED) is 0.769. The van der Waals surface area contributed by atoms with Crippen molar-refractivity contribution in [2.45, 2.75) is 53.0 Å².